The van der Waals surface area contributed by atoms with Crippen LogP contribution in [-0.2, 0) is 6.42 Å². The van der Waals surface area contributed by atoms with Gasteiger partial charge in [0, 0.05) is 28.1 Å². The van der Waals surface area contributed by atoms with E-state index in [2.05, 4.69) is 71.5 Å². The van der Waals surface area contributed by atoms with E-state index in [9.17, 15) is 13.2 Å². The first-order valence-electron chi connectivity index (χ1n) is 14.7. The summed E-state index contributed by atoms with van der Waals surface area (Å²) >= 11 is 8.23. The van der Waals surface area contributed by atoms with Gasteiger partial charge in [-0.25, -0.2) is 9.38 Å². The first-order chi connectivity index (χ1) is 21.8. The maximum absolute atomic E-state index is 12.9. The minimum atomic E-state index is -4.79. The van der Waals surface area contributed by atoms with Gasteiger partial charge in [-0.2, -0.15) is 0 Å². The maximum Gasteiger partial charge on any atom is 0.573 e. The number of fused-ring (bicyclic) bond motifs is 6. The van der Waals surface area contributed by atoms with Gasteiger partial charge in [-0.1, -0.05) is 78.4 Å². The summed E-state index contributed by atoms with van der Waals surface area (Å²) in [6.45, 7) is 0. The summed E-state index contributed by atoms with van der Waals surface area (Å²) < 4.78 is 47.8. The highest BCUT2D eigenvalue weighted by atomic mass is 35.5. The van der Waals surface area contributed by atoms with Gasteiger partial charge in [-0.15, -0.1) is 13.2 Å². The van der Waals surface area contributed by atoms with Crippen LogP contribution in [-0.4, -0.2) is 17.1 Å². The summed E-state index contributed by atoms with van der Waals surface area (Å²) in [6, 6.07) is 27.0. The molecule has 4 aromatic carbocycles. The predicted molar refractivity (Wildman–Crippen MR) is 175 cm³/mol. The quantitative estimate of drug-likeness (QED) is 0.186. The molecule has 1 aromatic heterocycles. The van der Waals surface area contributed by atoms with Gasteiger partial charge < -0.3 is 4.74 Å². The van der Waals surface area contributed by atoms with Crippen molar-refractivity contribution in [3.63, 3.8) is 0 Å². The van der Waals surface area contributed by atoms with Crippen molar-refractivity contribution in [1.82, 2.24) is 4.98 Å². The molecule has 2 aliphatic carbocycles. The van der Waals surface area contributed by atoms with Crippen molar-refractivity contribution >= 4 is 57.9 Å². The Balaban J connectivity index is 1.34. The SMILES string of the molecule is FC(F)(F)Oc1ccc2nc(C3=c4ccc5c(c4C(C4=NSc6ccccc6C=C4)CC3)CC=c3ccccc3=5)cc(Cl)c2c1. The third-order valence-electron chi connectivity index (χ3n) is 8.72. The fourth-order valence-electron chi connectivity index (χ4n) is 6.76. The highest BCUT2D eigenvalue weighted by Crippen LogP contribution is 2.39. The average molecular weight is 637 g/mol. The zero-order valence-electron chi connectivity index (χ0n) is 23.7. The average Bonchev–Trinajstić information content (AvgIpc) is 3.26. The Bertz CT molecular complexity index is 2330. The lowest BCUT2D eigenvalue weighted by molar-refractivity contribution is -0.274. The molecule has 8 rings (SSSR count). The van der Waals surface area contributed by atoms with Crippen LogP contribution in [0.3, 0.4) is 0 Å². The van der Waals surface area contributed by atoms with Gasteiger partial charge in [-0.3, -0.25) is 0 Å². The van der Waals surface area contributed by atoms with Crippen LogP contribution in [0.2, 0.25) is 5.02 Å². The number of hydrogen-bond acceptors (Lipinski definition) is 4. The summed E-state index contributed by atoms with van der Waals surface area (Å²) in [4.78, 5) is 6.04. The van der Waals surface area contributed by atoms with Crippen LogP contribution in [0.5, 0.6) is 5.75 Å². The van der Waals surface area contributed by atoms with Gasteiger partial charge in [0.05, 0.1) is 21.9 Å². The number of hydrogen-bond donors (Lipinski definition) is 0. The Kier molecular flexibility index (Phi) is 6.84. The number of pyridine rings is 1. The highest BCUT2D eigenvalue weighted by Gasteiger charge is 2.32. The van der Waals surface area contributed by atoms with Crippen molar-refractivity contribution < 1.29 is 17.9 Å². The first-order valence-corrected chi connectivity index (χ1v) is 15.8. The molecule has 3 nitrogen and oxygen atoms in total. The number of nitrogens with zero attached hydrogens (tertiary/aromatic N) is 2. The highest BCUT2D eigenvalue weighted by molar-refractivity contribution is 7.98. The van der Waals surface area contributed by atoms with Crippen LogP contribution in [0, 0.1) is 10.4 Å². The molecule has 1 atom stereocenters. The molecule has 0 saturated carbocycles. The lowest BCUT2D eigenvalue weighted by atomic mass is 9.76. The molecule has 3 aliphatic rings. The second-order valence-electron chi connectivity index (χ2n) is 11.3. The maximum atomic E-state index is 12.9. The van der Waals surface area contributed by atoms with E-state index in [1.54, 1.807) is 6.07 Å². The van der Waals surface area contributed by atoms with Gasteiger partial charge in [0.25, 0.3) is 0 Å². The molecule has 5 aromatic rings. The number of benzene rings is 4. The third kappa shape index (κ3) is 5.14. The minimum Gasteiger partial charge on any atom is -0.406 e. The lowest BCUT2D eigenvalue weighted by Crippen LogP contribution is -2.29. The van der Waals surface area contributed by atoms with Crippen LogP contribution in [0.15, 0.2) is 100 Å². The molecule has 1 aliphatic heterocycles. The Morgan fingerprint density at radius 1 is 0.867 bits per heavy atom. The van der Waals surface area contributed by atoms with Gasteiger partial charge in [0.15, 0.2) is 0 Å². The summed E-state index contributed by atoms with van der Waals surface area (Å²) in [7, 11) is 0. The van der Waals surface area contributed by atoms with Crippen LogP contribution in [0.25, 0.3) is 28.6 Å². The van der Waals surface area contributed by atoms with Crippen molar-refractivity contribution in [1.29, 1.82) is 0 Å². The van der Waals surface area contributed by atoms with Crippen molar-refractivity contribution in [2.75, 3.05) is 0 Å². The second-order valence-corrected chi connectivity index (χ2v) is 12.5. The monoisotopic (exact) mass is 636 g/mol. The molecule has 0 saturated heterocycles. The van der Waals surface area contributed by atoms with Crippen LogP contribution in [0.4, 0.5) is 13.2 Å². The minimum absolute atomic E-state index is 0.0772. The van der Waals surface area contributed by atoms with E-state index in [1.165, 1.54) is 56.9 Å². The summed E-state index contributed by atoms with van der Waals surface area (Å²) in [6.07, 6.45) is 4.19. The summed E-state index contributed by atoms with van der Waals surface area (Å²) in [5, 5.41) is 5.52. The molecular weight excluding hydrogens is 613 g/mol. The number of rotatable bonds is 3. The zero-order chi connectivity index (χ0) is 30.7. The normalized spacial score (nSPS) is 16.9. The summed E-state index contributed by atoms with van der Waals surface area (Å²) in [5.74, 6) is -0.251. The topological polar surface area (TPSA) is 34.5 Å². The molecule has 1 unspecified atom stereocenters. The van der Waals surface area contributed by atoms with E-state index in [4.69, 9.17) is 21.0 Å². The number of ether oxygens (including phenoxy) is 1. The Hall–Kier alpha value is -4.33. The van der Waals surface area contributed by atoms with Gasteiger partial charge in [0.2, 0.25) is 0 Å². The molecule has 45 heavy (non-hydrogen) atoms. The largest absolute Gasteiger partial charge is 0.573 e. The van der Waals surface area contributed by atoms with E-state index in [0.717, 1.165) is 51.9 Å². The van der Waals surface area contributed by atoms with Crippen LogP contribution >= 0.6 is 23.5 Å². The molecule has 0 N–H and O–H groups in total. The number of allylic oxidation sites excluding steroid dienone is 1. The van der Waals surface area contributed by atoms with E-state index in [0.29, 0.717) is 15.9 Å². The molecule has 8 heteroatoms. The van der Waals surface area contributed by atoms with Gasteiger partial charge in [-0.05, 0) is 98.8 Å². The predicted octanol–water partition coefficient (Wildman–Crippen LogP) is 8.66. The Morgan fingerprint density at radius 3 is 2.58 bits per heavy atom. The molecule has 0 spiro atoms. The number of aromatic nitrogens is 1. The molecule has 0 radical (unpaired) electrons. The van der Waals surface area contributed by atoms with Crippen molar-refractivity contribution in [3.8, 4) is 5.75 Å². The van der Waals surface area contributed by atoms with Gasteiger partial charge in [0.1, 0.15) is 5.75 Å². The first kappa shape index (κ1) is 28.2. The third-order valence-corrected chi connectivity index (χ3v) is 9.91. The van der Waals surface area contributed by atoms with E-state index in [1.807, 2.05) is 12.1 Å². The Morgan fingerprint density at radius 2 is 1.69 bits per heavy atom. The summed E-state index contributed by atoms with van der Waals surface area (Å²) in [5.41, 5.74) is 7.02. The zero-order valence-corrected chi connectivity index (χ0v) is 25.3. The molecule has 0 fully saturated rings. The number of alkyl halides is 3. The molecule has 0 amide bonds. The van der Waals surface area contributed by atoms with Crippen LogP contribution < -0.4 is 15.2 Å². The van der Waals surface area contributed by atoms with E-state index in [-0.39, 0.29) is 11.7 Å². The molecule has 2 heterocycles. The fraction of sp³-hybridized carbons (Fsp3) is 0.135. The van der Waals surface area contributed by atoms with Crippen LogP contribution in [0.1, 0.15) is 41.1 Å². The van der Waals surface area contributed by atoms with E-state index >= 15 is 0 Å². The fourth-order valence-corrected chi connectivity index (χ4v) is 7.79. The standard InChI is InChI=1S/C37H24ClF3N2OS/c38-31-20-34(42-32-18-11-23(19-30(31)32)44-37(39,40)41)26-14-16-29(33-17-10-22-6-2-4-8-35(22)45-43-33)36-27-12-9-21-5-1-3-7-24(21)25(27)13-15-28(26)36/h1-11,13,15,17-20,29H,12,14,16H2. The van der Waals surface area contributed by atoms with Crippen molar-refractivity contribution in [2.45, 2.75) is 36.4 Å². The molecular formula is C37H24ClF3N2OS. The second kappa shape index (κ2) is 10.9. The smallest absolute Gasteiger partial charge is 0.406 e. The lowest BCUT2D eigenvalue weighted by Gasteiger charge is -2.28. The Labute approximate surface area is 265 Å². The molecule has 0 bridgehead atoms. The number of halogens is 4. The van der Waals surface area contributed by atoms with Gasteiger partial charge >= 0.3 is 6.36 Å². The van der Waals surface area contributed by atoms with Crippen molar-refractivity contribution in [3.05, 3.63) is 139 Å². The molecule has 222 valence electrons. The van der Waals surface area contributed by atoms with E-state index < -0.39 is 6.36 Å². The van der Waals surface area contributed by atoms with Crippen molar-refractivity contribution in [2.24, 2.45) is 4.40 Å².